The average molecular weight is 398 g/mol. The zero-order valence-corrected chi connectivity index (χ0v) is 16.3. The molecule has 6 heteroatoms. The molecule has 30 heavy (non-hydrogen) atoms. The molecule has 0 fully saturated rings. The number of ether oxygens (including phenoxy) is 1. The Kier molecular flexibility index (Phi) is 5.22. The molecule has 0 spiro atoms. The fourth-order valence-electron chi connectivity index (χ4n) is 3.33. The third-order valence-corrected chi connectivity index (χ3v) is 4.90. The first kappa shape index (κ1) is 19.3. The van der Waals surface area contributed by atoms with Crippen molar-refractivity contribution in [2.75, 3.05) is 7.11 Å². The van der Waals surface area contributed by atoms with E-state index in [1.165, 1.54) is 18.3 Å². The Labute approximate surface area is 173 Å². The van der Waals surface area contributed by atoms with Gasteiger partial charge in [-0.15, -0.1) is 0 Å². The third kappa shape index (κ3) is 3.63. The molecule has 2 aromatic carbocycles. The fourth-order valence-corrected chi connectivity index (χ4v) is 3.33. The third-order valence-electron chi connectivity index (χ3n) is 4.90. The van der Waals surface area contributed by atoms with Crippen molar-refractivity contribution < 1.29 is 9.13 Å². The minimum absolute atomic E-state index is 0.336. The van der Waals surface area contributed by atoms with E-state index in [4.69, 9.17) is 15.9 Å². The topological polar surface area (TPSA) is 84.9 Å². The number of hydrogen-bond donors (Lipinski definition) is 2. The van der Waals surface area contributed by atoms with Gasteiger partial charge in [-0.2, -0.15) is 0 Å². The van der Waals surface area contributed by atoms with Crippen LogP contribution >= 0.6 is 0 Å². The van der Waals surface area contributed by atoms with Crippen molar-refractivity contribution >= 4 is 28.4 Å². The van der Waals surface area contributed by atoms with Crippen LogP contribution in [0.1, 0.15) is 11.1 Å². The molecule has 5 nitrogen and oxygen atoms in total. The molecule has 0 amide bonds. The molecule has 0 bridgehead atoms. The summed E-state index contributed by atoms with van der Waals surface area (Å²) in [4.78, 5) is 8.74. The number of nitrogens with two attached hydrogens (primary N) is 1. The van der Waals surface area contributed by atoms with Gasteiger partial charge in [-0.3, -0.25) is 4.98 Å². The van der Waals surface area contributed by atoms with Crippen LogP contribution in [0.5, 0.6) is 5.88 Å². The first-order valence-electron chi connectivity index (χ1n) is 9.26. The molecule has 0 unspecified atom stereocenters. The Balaban J connectivity index is 1.86. The van der Waals surface area contributed by atoms with E-state index in [0.717, 1.165) is 27.6 Å². The predicted octanol–water partition coefficient (Wildman–Crippen LogP) is 4.92. The van der Waals surface area contributed by atoms with Crippen LogP contribution in [0.25, 0.3) is 33.3 Å². The number of pyridine rings is 2. The van der Waals surface area contributed by atoms with Crippen molar-refractivity contribution in [2.24, 2.45) is 5.73 Å². The minimum atomic E-state index is -0.336. The van der Waals surface area contributed by atoms with Crippen LogP contribution in [-0.4, -0.2) is 23.3 Å². The van der Waals surface area contributed by atoms with E-state index in [0.29, 0.717) is 22.7 Å². The standard InChI is InChI=1S/C24H19FN4O/c1-30-23-9-5-17(14-29-23)19-10-11-28-22-8-4-16(12-20(19)22)21(13-26)24(27)15-2-6-18(25)7-3-15/h2-14,26H,27H2,1H3. The van der Waals surface area contributed by atoms with Crippen molar-refractivity contribution in [1.82, 2.24) is 9.97 Å². The maximum absolute atomic E-state index is 13.3. The largest absolute Gasteiger partial charge is 0.481 e. The molecule has 0 aliphatic carbocycles. The smallest absolute Gasteiger partial charge is 0.212 e. The molecule has 0 aliphatic rings. The maximum Gasteiger partial charge on any atom is 0.212 e. The Morgan fingerprint density at radius 1 is 1.00 bits per heavy atom. The van der Waals surface area contributed by atoms with Gasteiger partial charge < -0.3 is 15.9 Å². The van der Waals surface area contributed by atoms with Crippen molar-refractivity contribution in [1.29, 1.82) is 5.41 Å². The lowest BCUT2D eigenvalue weighted by Gasteiger charge is -2.12. The van der Waals surface area contributed by atoms with Crippen LogP contribution < -0.4 is 10.5 Å². The molecule has 0 aliphatic heterocycles. The number of allylic oxidation sites excluding steroid dienone is 1. The quantitative estimate of drug-likeness (QED) is 0.369. The van der Waals surface area contributed by atoms with Crippen LogP contribution in [0.2, 0.25) is 0 Å². The Bertz CT molecular complexity index is 1250. The monoisotopic (exact) mass is 398 g/mol. The summed E-state index contributed by atoms with van der Waals surface area (Å²) in [5, 5.41) is 8.82. The highest BCUT2D eigenvalue weighted by atomic mass is 19.1. The molecule has 3 N–H and O–H groups in total. The van der Waals surface area contributed by atoms with E-state index in [9.17, 15) is 4.39 Å². The van der Waals surface area contributed by atoms with Gasteiger partial charge in [0.05, 0.1) is 12.6 Å². The van der Waals surface area contributed by atoms with Gasteiger partial charge >= 0.3 is 0 Å². The molecule has 4 rings (SSSR count). The lowest BCUT2D eigenvalue weighted by atomic mass is 9.96. The molecular formula is C24H19FN4O. The van der Waals surface area contributed by atoms with Gasteiger partial charge in [0.15, 0.2) is 0 Å². The number of nitrogens with zero attached hydrogens (tertiary/aromatic N) is 2. The van der Waals surface area contributed by atoms with Gasteiger partial charge in [0, 0.05) is 46.9 Å². The van der Waals surface area contributed by atoms with Crippen molar-refractivity contribution in [3.63, 3.8) is 0 Å². The number of methoxy groups -OCH3 is 1. The molecular weight excluding hydrogens is 379 g/mol. The zero-order valence-electron chi connectivity index (χ0n) is 16.3. The molecule has 0 atom stereocenters. The molecule has 4 aromatic rings. The molecule has 2 heterocycles. The molecule has 0 saturated heterocycles. The summed E-state index contributed by atoms with van der Waals surface area (Å²) in [5.74, 6) is 0.205. The molecule has 0 radical (unpaired) electrons. The van der Waals surface area contributed by atoms with Gasteiger partial charge in [-0.25, -0.2) is 9.37 Å². The Morgan fingerprint density at radius 2 is 1.77 bits per heavy atom. The number of fused-ring (bicyclic) bond motifs is 1. The first-order chi connectivity index (χ1) is 14.6. The Hall–Kier alpha value is -4.06. The lowest BCUT2D eigenvalue weighted by molar-refractivity contribution is 0.398. The maximum atomic E-state index is 13.3. The van der Waals surface area contributed by atoms with E-state index in [-0.39, 0.29) is 5.82 Å². The van der Waals surface area contributed by atoms with Gasteiger partial charge in [0.1, 0.15) is 5.82 Å². The van der Waals surface area contributed by atoms with E-state index in [2.05, 4.69) is 9.97 Å². The fraction of sp³-hybridized carbons (Fsp3) is 0.0417. The highest BCUT2D eigenvalue weighted by molar-refractivity contribution is 6.18. The Morgan fingerprint density at radius 3 is 2.43 bits per heavy atom. The zero-order chi connectivity index (χ0) is 21.1. The second-order valence-electron chi connectivity index (χ2n) is 6.66. The summed E-state index contributed by atoms with van der Waals surface area (Å²) < 4.78 is 18.4. The minimum Gasteiger partial charge on any atom is -0.481 e. The summed E-state index contributed by atoms with van der Waals surface area (Å²) in [5.41, 5.74) is 11.4. The number of halogens is 1. The summed E-state index contributed by atoms with van der Waals surface area (Å²) in [7, 11) is 1.58. The van der Waals surface area contributed by atoms with Gasteiger partial charge in [0.2, 0.25) is 5.88 Å². The van der Waals surface area contributed by atoms with E-state index < -0.39 is 0 Å². The molecule has 148 valence electrons. The van der Waals surface area contributed by atoms with Crippen LogP contribution in [0.15, 0.2) is 73.1 Å². The van der Waals surface area contributed by atoms with Crippen LogP contribution in [0.3, 0.4) is 0 Å². The number of aromatic nitrogens is 2. The normalized spacial score (nSPS) is 11.8. The SMILES string of the molecule is COc1ccc(-c2ccnc3ccc(C(C=N)=C(N)c4ccc(F)cc4)cc23)cn1. The van der Waals surface area contributed by atoms with E-state index in [1.54, 1.807) is 37.7 Å². The van der Waals surface area contributed by atoms with Gasteiger partial charge in [-0.1, -0.05) is 6.07 Å². The number of nitrogens with one attached hydrogen (secondary N) is 1. The number of hydrogen-bond acceptors (Lipinski definition) is 5. The predicted molar refractivity (Wildman–Crippen MR) is 118 cm³/mol. The first-order valence-corrected chi connectivity index (χ1v) is 9.26. The van der Waals surface area contributed by atoms with Gasteiger partial charge in [-0.05, 0) is 65.2 Å². The van der Waals surface area contributed by atoms with Crippen molar-refractivity contribution in [3.05, 3.63) is 90.0 Å². The lowest BCUT2D eigenvalue weighted by Crippen LogP contribution is -2.02. The number of benzene rings is 2. The van der Waals surface area contributed by atoms with Crippen LogP contribution in [-0.2, 0) is 0 Å². The summed E-state index contributed by atoms with van der Waals surface area (Å²) in [6, 6.07) is 17.3. The van der Waals surface area contributed by atoms with Crippen LogP contribution in [0.4, 0.5) is 4.39 Å². The second-order valence-corrected chi connectivity index (χ2v) is 6.66. The highest BCUT2D eigenvalue weighted by Crippen LogP contribution is 2.31. The number of rotatable bonds is 5. The van der Waals surface area contributed by atoms with E-state index >= 15 is 0 Å². The van der Waals surface area contributed by atoms with Gasteiger partial charge in [0.25, 0.3) is 0 Å². The second kappa shape index (κ2) is 8.13. The van der Waals surface area contributed by atoms with Crippen molar-refractivity contribution in [2.45, 2.75) is 0 Å². The van der Waals surface area contributed by atoms with E-state index in [1.807, 2.05) is 30.3 Å². The molecule has 2 aromatic heterocycles. The summed E-state index contributed by atoms with van der Waals surface area (Å²) in [6.07, 6.45) is 4.72. The van der Waals surface area contributed by atoms with Crippen LogP contribution in [0, 0.1) is 11.2 Å². The highest BCUT2D eigenvalue weighted by Gasteiger charge is 2.11. The van der Waals surface area contributed by atoms with Crippen molar-refractivity contribution in [3.8, 4) is 17.0 Å². The average Bonchev–Trinajstić information content (AvgIpc) is 2.79. The summed E-state index contributed by atoms with van der Waals surface area (Å²) >= 11 is 0. The molecule has 0 saturated carbocycles. The summed E-state index contributed by atoms with van der Waals surface area (Å²) in [6.45, 7) is 0.